The summed E-state index contributed by atoms with van der Waals surface area (Å²) in [7, 11) is 0. The molecule has 22 heavy (non-hydrogen) atoms. The Bertz CT molecular complexity index is 903. The number of hydrogen-bond donors (Lipinski definition) is 0. The van der Waals surface area contributed by atoms with Crippen LogP contribution in [-0.2, 0) is 5.75 Å². The van der Waals surface area contributed by atoms with Gasteiger partial charge in [-0.1, -0.05) is 41.2 Å². The zero-order valence-corrected chi connectivity index (χ0v) is 13.1. The van der Waals surface area contributed by atoms with E-state index >= 15 is 0 Å². The Labute approximate surface area is 135 Å². The first-order valence-electron chi connectivity index (χ1n) is 6.72. The average Bonchev–Trinajstić information content (AvgIpc) is 3.24. The highest BCUT2D eigenvalue weighted by Gasteiger charge is 2.09. The maximum absolute atomic E-state index is 5.28. The van der Waals surface area contributed by atoms with E-state index in [-0.39, 0.29) is 0 Å². The average molecular weight is 325 g/mol. The summed E-state index contributed by atoms with van der Waals surface area (Å²) in [6.07, 6.45) is 0. The Kier molecular flexibility index (Phi) is 3.62. The van der Waals surface area contributed by atoms with Crippen molar-refractivity contribution in [2.75, 3.05) is 0 Å². The summed E-state index contributed by atoms with van der Waals surface area (Å²) in [5.41, 5.74) is 1.97. The maximum atomic E-state index is 5.28. The van der Waals surface area contributed by atoms with Crippen LogP contribution in [0.25, 0.3) is 22.4 Å². The summed E-state index contributed by atoms with van der Waals surface area (Å²) in [5.74, 6) is 1.89. The van der Waals surface area contributed by atoms with E-state index in [1.807, 2.05) is 41.1 Å². The number of pyridine rings is 1. The summed E-state index contributed by atoms with van der Waals surface area (Å²) in [5, 5.41) is 10.1. The molecule has 4 nitrogen and oxygen atoms in total. The third kappa shape index (κ3) is 2.75. The molecular formula is C16H11N3OS2. The molecule has 0 fully saturated rings. The Hall–Kier alpha value is -2.18. The van der Waals surface area contributed by atoms with Gasteiger partial charge in [0, 0.05) is 10.8 Å². The SMILES string of the molecule is c1ccc2nc(SCc3noc(-c4ccsc4)n3)ccc2c1. The molecule has 0 unspecified atom stereocenters. The molecule has 0 aliphatic heterocycles. The number of thiophene rings is 1. The van der Waals surface area contributed by atoms with Crippen molar-refractivity contribution in [3.05, 3.63) is 59.0 Å². The summed E-state index contributed by atoms with van der Waals surface area (Å²) >= 11 is 3.22. The fraction of sp³-hybridized carbons (Fsp3) is 0.0625. The van der Waals surface area contributed by atoms with Crippen LogP contribution in [0.15, 0.2) is 62.8 Å². The van der Waals surface area contributed by atoms with Crippen molar-refractivity contribution in [3.63, 3.8) is 0 Å². The molecular weight excluding hydrogens is 314 g/mol. The lowest BCUT2D eigenvalue weighted by molar-refractivity contribution is 0.425. The highest BCUT2D eigenvalue weighted by molar-refractivity contribution is 7.98. The predicted octanol–water partition coefficient (Wildman–Crippen LogP) is 4.64. The van der Waals surface area contributed by atoms with Gasteiger partial charge in [-0.25, -0.2) is 4.98 Å². The Morgan fingerprint density at radius 3 is 2.91 bits per heavy atom. The smallest absolute Gasteiger partial charge is 0.258 e. The van der Waals surface area contributed by atoms with E-state index in [1.165, 1.54) is 0 Å². The van der Waals surface area contributed by atoms with Crippen LogP contribution < -0.4 is 0 Å². The van der Waals surface area contributed by atoms with Gasteiger partial charge in [-0.2, -0.15) is 16.3 Å². The van der Waals surface area contributed by atoms with Crippen molar-refractivity contribution in [2.24, 2.45) is 0 Å². The van der Waals surface area contributed by atoms with Crippen LogP contribution in [0.3, 0.4) is 0 Å². The van der Waals surface area contributed by atoms with Gasteiger partial charge in [-0.05, 0) is 23.6 Å². The Morgan fingerprint density at radius 1 is 1.05 bits per heavy atom. The zero-order valence-electron chi connectivity index (χ0n) is 11.5. The summed E-state index contributed by atoms with van der Waals surface area (Å²) in [4.78, 5) is 9.04. The van der Waals surface area contributed by atoms with Crippen molar-refractivity contribution in [3.8, 4) is 11.5 Å². The molecule has 0 aliphatic rings. The summed E-state index contributed by atoms with van der Waals surface area (Å²) < 4.78 is 5.28. The molecule has 108 valence electrons. The van der Waals surface area contributed by atoms with E-state index in [0.717, 1.165) is 21.5 Å². The van der Waals surface area contributed by atoms with Gasteiger partial charge in [-0.3, -0.25) is 0 Å². The zero-order chi connectivity index (χ0) is 14.8. The highest BCUT2D eigenvalue weighted by Crippen LogP contribution is 2.25. The van der Waals surface area contributed by atoms with Gasteiger partial charge < -0.3 is 4.52 Å². The van der Waals surface area contributed by atoms with Gasteiger partial charge in [0.15, 0.2) is 5.82 Å². The van der Waals surface area contributed by atoms with Crippen LogP contribution in [0.2, 0.25) is 0 Å². The quantitative estimate of drug-likeness (QED) is 0.512. The van der Waals surface area contributed by atoms with Crippen molar-refractivity contribution in [1.82, 2.24) is 15.1 Å². The second kappa shape index (κ2) is 5.90. The Balaban J connectivity index is 1.49. The lowest BCUT2D eigenvalue weighted by atomic mass is 10.2. The number of hydrogen-bond acceptors (Lipinski definition) is 6. The lowest BCUT2D eigenvalue weighted by Gasteiger charge is -2.00. The molecule has 0 radical (unpaired) electrons. The molecule has 1 aromatic carbocycles. The largest absolute Gasteiger partial charge is 0.334 e. The molecule has 3 heterocycles. The summed E-state index contributed by atoms with van der Waals surface area (Å²) in [6, 6.07) is 14.2. The van der Waals surface area contributed by atoms with Crippen molar-refractivity contribution in [2.45, 2.75) is 10.8 Å². The van der Waals surface area contributed by atoms with Gasteiger partial charge in [0.1, 0.15) is 0 Å². The fourth-order valence-corrected chi connectivity index (χ4v) is 3.43. The normalized spacial score (nSPS) is 11.1. The van der Waals surface area contributed by atoms with Crippen LogP contribution in [0.1, 0.15) is 5.82 Å². The Morgan fingerprint density at radius 2 is 2.00 bits per heavy atom. The number of rotatable bonds is 4. The molecule has 4 aromatic rings. The highest BCUT2D eigenvalue weighted by atomic mass is 32.2. The number of nitrogens with zero attached hydrogens (tertiary/aromatic N) is 3. The van der Waals surface area contributed by atoms with E-state index in [2.05, 4.69) is 27.3 Å². The topological polar surface area (TPSA) is 51.8 Å². The molecule has 0 aliphatic carbocycles. The molecule has 0 amide bonds. The van der Waals surface area contributed by atoms with Crippen molar-refractivity contribution < 1.29 is 4.52 Å². The number of fused-ring (bicyclic) bond motifs is 1. The number of aromatic nitrogens is 3. The van der Waals surface area contributed by atoms with Crippen molar-refractivity contribution in [1.29, 1.82) is 0 Å². The van der Waals surface area contributed by atoms with Gasteiger partial charge in [0.05, 0.1) is 21.9 Å². The molecule has 6 heteroatoms. The molecule has 0 saturated heterocycles. The second-order valence-electron chi connectivity index (χ2n) is 4.66. The van der Waals surface area contributed by atoms with Crippen molar-refractivity contribution >= 4 is 34.0 Å². The van der Waals surface area contributed by atoms with Gasteiger partial charge in [-0.15, -0.1) is 0 Å². The molecule has 3 aromatic heterocycles. The van der Waals surface area contributed by atoms with E-state index < -0.39 is 0 Å². The molecule has 0 N–H and O–H groups in total. The molecule has 4 rings (SSSR count). The molecule has 0 saturated carbocycles. The summed E-state index contributed by atoms with van der Waals surface area (Å²) in [6.45, 7) is 0. The van der Waals surface area contributed by atoms with E-state index in [0.29, 0.717) is 17.5 Å². The third-order valence-electron chi connectivity index (χ3n) is 3.16. The van der Waals surface area contributed by atoms with Crippen LogP contribution in [0.4, 0.5) is 0 Å². The van der Waals surface area contributed by atoms with Crippen LogP contribution in [0.5, 0.6) is 0 Å². The van der Waals surface area contributed by atoms with Crippen LogP contribution >= 0.6 is 23.1 Å². The number of benzene rings is 1. The van der Waals surface area contributed by atoms with E-state index in [1.54, 1.807) is 23.1 Å². The molecule has 0 bridgehead atoms. The first-order valence-corrected chi connectivity index (χ1v) is 8.65. The number of thioether (sulfide) groups is 1. The van der Waals surface area contributed by atoms with E-state index in [9.17, 15) is 0 Å². The lowest BCUT2D eigenvalue weighted by Crippen LogP contribution is -1.86. The van der Waals surface area contributed by atoms with Gasteiger partial charge in [0.2, 0.25) is 0 Å². The number of para-hydroxylation sites is 1. The first kappa shape index (κ1) is 13.5. The fourth-order valence-electron chi connectivity index (χ4n) is 2.08. The molecule has 0 spiro atoms. The van der Waals surface area contributed by atoms with Gasteiger partial charge >= 0.3 is 0 Å². The second-order valence-corrected chi connectivity index (χ2v) is 6.43. The monoisotopic (exact) mass is 325 g/mol. The third-order valence-corrected chi connectivity index (χ3v) is 4.77. The minimum atomic E-state index is 0.573. The first-order chi connectivity index (χ1) is 10.9. The minimum Gasteiger partial charge on any atom is -0.334 e. The van der Waals surface area contributed by atoms with Gasteiger partial charge in [0.25, 0.3) is 5.89 Å². The predicted molar refractivity (Wildman–Crippen MR) is 88.9 cm³/mol. The standard InChI is InChI=1S/C16H11N3OS2/c1-2-4-13-11(3-1)5-6-15(17-13)22-10-14-18-16(20-19-14)12-7-8-21-9-12/h1-9H,10H2. The molecule has 0 atom stereocenters. The van der Waals surface area contributed by atoms with Crippen LogP contribution in [0, 0.1) is 0 Å². The van der Waals surface area contributed by atoms with E-state index in [4.69, 9.17) is 4.52 Å². The van der Waals surface area contributed by atoms with Crippen LogP contribution in [-0.4, -0.2) is 15.1 Å². The maximum Gasteiger partial charge on any atom is 0.258 e. The minimum absolute atomic E-state index is 0.573.